The topological polar surface area (TPSA) is 78.6 Å². The number of aromatic nitrogens is 3. The summed E-state index contributed by atoms with van der Waals surface area (Å²) in [5, 5.41) is 0. The van der Waals surface area contributed by atoms with Crippen LogP contribution in [0.2, 0.25) is 0 Å². The molecule has 1 heterocycles. The van der Waals surface area contributed by atoms with Crippen molar-refractivity contribution in [2.45, 2.75) is 26.2 Å². The van der Waals surface area contributed by atoms with E-state index < -0.39 is 11.4 Å². The van der Waals surface area contributed by atoms with Crippen LogP contribution in [0, 0.1) is 0 Å². The van der Waals surface area contributed by atoms with E-state index in [2.05, 4.69) is 9.97 Å². The molecular formula is C7H11N3O2. The Balaban J connectivity index is 3.37. The molecule has 0 aromatic carbocycles. The smallest absolute Gasteiger partial charge is 0.295 e. The fourth-order valence-corrected chi connectivity index (χ4v) is 0.749. The van der Waals surface area contributed by atoms with Gasteiger partial charge in [-0.3, -0.25) is 9.97 Å². The van der Waals surface area contributed by atoms with Crippen molar-refractivity contribution in [3.63, 3.8) is 0 Å². The Hall–Kier alpha value is -1.39. The molecule has 0 radical (unpaired) electrons. The van der Waals surface area contributed by atoms with Gasteiger partial charge in [-0.05, 0) is 0 Å². The van der Waals surface area contributed by atoms with Gasteiger partial charge >= 0.3 is 11.4 Å². The second-order valence-corrected chi connectivity index (χ2v) is 3.59. The molecule has 2 N–H and O–H groups in total. The summed E-state index contributed by atoms with van der Waals surface area (Å²) in [4.78, 5) is 29.7. The predicted octanol–water partition coefficient (Wildman–Crippen LogP) is -0.244. The lowest BCUT2D eigenvalue weighted by molar-refractivity contribution is 0.533. The average molecular weight is 169 g/mol. The Kier molecular flexibility index (Phi) is 1.87. The first-order valence-corrected chi connectivity index (χ1v) is 3.61. The Labute approximate surface area is 68.9 Å². The van der Waals surface area contributed by atoms with E-state index in [0.29, 0.717) is 5.82 Å². The van der Waals surface area contributed by atoms with Gasteiger partial charge < -0.3 is 0 Å². The zero-order chi connectivity index (χ0) is 9.35. The van der Waals surface area contributed by atoms with Crippen LogP contribution >= 0.6 is 0 Å². The monoisotopic (exact) mass is 169 g/mol. The first-order valence-electron chi connectivity index (χ1n) is 3.61. The zero-order valence-electron chi connectivity index (χ0n) is 7.26. The van der Waals surface area contributed by atoms with E-state index in [4.69, 9.17) is 0 Å². The molecule has 0 spiro atoms. The van der Waals surface area contributed by atoms with E-state index in [9.17, 15) is 9.59 Å². The summed E-state index contributed by atoms with van der Waals surface area (Å²) in [5.74, 6) is 0.399. The number of rotatable bonds is 0. The Morgan fingerprint density at radius 2 is 1.75 bits per heavy atom. The number of H-pyrrole nitrogens is 2. The molecule has 66 valence electrons. The SMILES string of the molecule is CC(C)(C)c1nc(=O)[nH]c(=O)[nH]1. The highest BCUT2D eigenvalue weighted by atomic mass is 16.2. The van der Waals surface area contributed by atoms with Crippen LogP contribution in [0.15, 0.2) is 9.59 Å². The van der Waals surface area contributed by atoms with Crippen LogP contribution in [0.1, 0.15) is 26.6 Å². The number of nitrogens with one attached hydrogen (secondary N) is 2. The van der Waals surface area contributed by atoms with Crippen molar-refractivity contribution in [2.75, 3.05) is 0 Å². The lowest BCUT2D eigenvalue weighted by Gasteiger charge is -2.15. The molecule has 0 fully saturated rings. The Morgan fingerprint density at radius 1 is 1.17 bits per heavy atom. The maximum Gasteiger partial charge on any atom is 0.350 e. The van der Waals surface area contributed by atoms with Gasteiger partial charge in [0.2, 0.25) is 0 Å². The summed E-state index contributed by atoms with van der Waals surface area (Å²) in [5.41, 5.74) is -1.43. The highest BCUT2D eigenvalue weighted by Crippen LogP contribution is 2.14. The van der Waals surface area contributed by atoms with Crippen LogP contribution in [0.5, 0.6) is 0 Å². The summed E-state index contributed by atoms with van der Waals surface area (Å²) < 4.78 is 0. The second kappa shape index (κ2) is 2.58. The number of hydrogen-bond acceptors (Lipinski definition) is 3. The first kappa shape index (κ1) is 8.70. The molecule has 1 aromatic rings. The molecular weight excluding hydrogens is 158 g/mol. The summed E-state index contributed by atoms with van der Waals surface area (Å²) >= 11 is 0. The van der Waals surface area contributed by atoms with Crippen LogP contribution in [0.4, 0.5) is 0 Å². The zero-order valence-corrected chi connectivity index (χ0v) is 7.26. The minimum atomic E-state index is -0.608. The van der Waals surface area contributed by atoms with Crippen molar-refractivity contribution in [3.8, 4) is 0 Å². The van der Waals surface area contributed by atoms with Gasteiger partial charge in [-0.15, -0.1) is 0 Å². The van der Waals surface area contributed by atoms with E-state index in [1.54, 1.807) is 0 Å². The molecule has 5 nitrogen and oxygen atoms in total. The third-order valence-electron chi connectivity index (χ3n) is 1.38. The van der Waals surface area contributed by atoms with Crippen LogP contribution in [0.3, 0.4) is 0 Å². The van der Waals surface area contributed by atoms with Gasteiger partial charge in [0.15, 0.2) is 0 Å². The van der Waals surface area contributed by atoms with Gasteiger partial charge in [-0.2, -0.15) is 4.98 Å². The third kappa shape index (κ3) is 1.81. The van der Waals surface area contributed by atoms with Crippen molar-refractivity contribution in [3.05, 3.63) is 26.8 Å². The molecule has 0 saturated heterocycles. The molecule has 0 unspecified atom stereocenters. The van der Waals surface area contributed by atoms with Gasteiger partial charge in [0, 0.05) is 5.41 Å². The highest BCUT2D eigenvalue weighted by molar-refractivity contribution is 4.98. The van der Waals surface area contributed by atoms with Gasteiger partial charge in [-0.1, -0.05) is 20.8 Å². The molecule has 1 aromatic heterocycles. The standard InChI is InChI=1S/C7H11N3O2/c1-7(2,3)4-8-5(11)10-6(12)9-4/h1-3H3,(H2,8,9,10,11,12). The van der Waals surface area contributed by atoms with Crippen LogP contribution in [0.25, 0.3) is 0 Å². The van der Waals surface area contributed by atoms with Gasteiger partial charge in [0.25, 0.3) is 0 Å². The lowest BCUT2D eigenvalue weighted by atomic mass is 9.96. The lowest BCUT2D eigenvalue weighted by Crippen LogP contribution is -2.31. The minimum absolute atomic E-state index is 0.312. The first-order chi connectivity index (χ1) is 5.39. The van der Waals surface area contributed by atoms with Crippen molar-refractivity contribution >= 4 is 0 Å². The highest BCUT2D eigenvalue weighted by Gasteiger charge is 2.16. The van der Waals surface area contributed by atoms with E-state index in [0.717, 1.165) is 0 Å². The van der Waals surface area contributed by atoms with Crippen molar-refractivity contribution < 1.29 is 0 Å². The summed E-state index contributed by atoms with van der Waals surface area (Å²) in [6.07, 6.45) is 0. The fourth-order valence-electron chi connectivity index (χ4n) is 0.749. The fraction of sp³-hybridized carbons (Fsp3) is 0.571. The molecule has 0 aliphatic heterocycles. The van der Waals surface area contributed by atoms with Gasteiger partial charge in [-0.25, -0.2) is 9.59 Å². The van der Waals surface area contributed by atoms with Crippen molar-refractivity contribution in [2.24, 2.45) is 0 Å². The van der Waals surface area contributed by atoms with Crippen molar-refractivity contribution in [1.82, 2.24) is 15.0 Å². The number of hydrogen-bond donors (Lipinski definition) is 2. The normalized spacial score (nSPS) is 11.6. The summed E-state index contributed by atoms with van der Waals surface area (Å²) in [6.45, 7) is 5.60. The summed E-state index contributed by atoms with van der Waals surface area (Å²) in [6, 6.07) is 0. The van der Waals surface area contributed by atoms with E-state index in [1.165, 1.54) is 0 Å². The molecule has 0 aliphatic rings. The molecule has 0 amide bonds. The molecule has 0 atom stereocenters. The number of aromatic amines is 2. The predicted molar refractivity (Wildman–Crippen MR) is 44.2 cm³/mol. The summed E-state index contributed by atoms with van der Waals surface area (Å²) in [7, 11) is 0. The second-order valence-electron chi connectivity index (χ2n) is 3.59. The van der Waals surface area contributed by atoms with Crippen LogP contribution in [-0.2, 0) is 5.41 Å². The number of nitrogens with zero attached hydrogens (tertiary/aromatic N) is 1. The minimum Gasteiger partial charge on any atom is -0.295 e. The molecule has 0 saturated carbocycles. The Morgan fingerprint density at radius 3 is 2.17 bits per heavy atom. The Bertz CT molecular complexity index is 354. The molecule has 5 heteroatoms. The van der Waals surface area contributed by atoms with E-state index >= 15 is 0 Å². The largest absolute Gasteiger partial charge is 0.350 e. The van der Waals surface area contributed by atoms with Gasteiger partial charge in [0.1, 0.15) is 5.82 Å². The maximum absolute atomic E-state index is 10.8. The molecule has 12 heavy (non-hydrogen) atoms. The van der Waals surface area contributed by atoms with Crippen LogP contribution < -0.4 is 11.4 Å². The average Bonchev–Trinajstić information content (AvgIpc) is 1.82. The van der Waals surface area contributed by atoms with Crippen molar-refractivity contribution in [1.29, 1.82) is 0 Å². The van der Waals surface area contributed by atoms with Crippen LogP contribution in [-0.4, -0.2) is 15.0 Å². The molecule has 0 aliphatic carbocycles. The quantitative estimate of drug-likeness (QED) is 0.562. The van der Waals surface area contributed by atoms with E-state index in [1.807, 2.05) is 25.8 Å². The third-order valence-corrected chi connectivity index (χ3v) is 1.38. The van der Waals surface area contributed by atoms with Gasteiger partial charge in [0.05, 0.1) is 0 Å². The van der Waals surface area contributed by atoms with E-state index in [-0.39, 0.29) is 5.41 Å². The maximum atomic E-state index is 10.8. The molecule has 1 rings (SSSR count). The molecule has 0 bridgehead atoms.